The van der Waals surface area contributed by atoms with Crippen LogP contribution in [0.2, 0.25) is 0 Å². The van der Waals surface area contributed by atoms with Gasteiger partial charge in [-0.05, 0) is 186 Å². The number of benzene rings is 2. The maximum atomic E-state index is 14.8. The Balaban J connectivity index is 0.000000192. The molecule has 4 aromatic rings. The second-order valence-electron chi connectivity index (χ2n) is 27.9. The van der Waals surface area contributed by atoms with Crippen molar-refractivity contribution in [2.75, 3.05) is 17.2 Å². The number of ether oxygens (including phenoxy) is 7. The summed E-state index contributed by atoms with van der Waals surface area (Å²) in [5, 5.41) is 72.6. The third-order valence-electron chi connectivity index (χ3n) is 22.3. The Hall–Kier alpha value is -5.01. The molecule has 2 aromatic carbocycles. The molecule has 5 saturated carbocycles. The molecular formula is C67H87FIN5O18. The zero-order valence-corrected chi connectivity index (χ0v) is 55.3. The molecule has 1 amide bonds. The van der Waals surface area contributed by atoms with Crippen LogP contribution in [0.4, 0.5) is 21.6 Å². The van der Waals surface area contributed by atoms with Crippen molar-refractivity contribution < 1.29 is 77.8 Å². The number of pyridine rings is 1. The molecule has 9 aliphatic rings. The van der Waals surface area contributed by atoms with Gasteiger partial charge in [-0.3, -0.25) is 28.1 Å². The standard InChI is InChI=1S/C41H64O14.C26H23FIN5O4/c1-19-36(47)28(42)15-34(50-19)54-38-21(3)52-35(17-30(38)44)55-37-20(2)51-33(16-29(37)43)53-24-8-10-39(4)23(13-24)6-7-26-27(39)14-31(45)40(5)25(9-11-41(26,40)48)22-12-32(46)49-18-22;1-13-22-21(23(31(3)24(13)35)30-20-10-7-15(28)11-19(20)27)25(36)33(17-8-9-17)26(37)32(22)18-6-4-5-16(12-18)29-14(2)34/h12,19-21,23-31,33-38,42-45,47-48H,6-11,13-18H2,1-5H3;4-7,10-12,17,30H,8-9H2,1-3H3,(H,29,34)/t19-,20-,21-,23-,24+,25-,26-,27+,28+,29+,30+,31-,33+,34+,35+,36-,37-,38-,39+,40+,41+;/m1./s1. The van der Waals surface area contributed by atoms with Gasteiger partial charge in [0.1, 0.15) is 41.9 Å². The molecule has 23 nitrogen and oxygen atoms in total. The van der Waals surface area contributed by atoms with Gasteiger partial charge in [-0.25, -0.2) is 14.0 Å². The van der Waals surface area contributed by atoms with E-state index >= 15 is 0 Å². The monoisotopic (exact) mass is 1400 g/mol. The predicted octanol–water partition coefficient (Wildman–Crippen LogP) is 6.16. The number of hydrogen-bond acceptors (Lipinski definition) is 19. The fourth-order valence-corrected chi connectivity index (χ4v) is 17.7. The van der Waals surface area contributed by atoms with Crippen LogP contribution in [0.5, 0.6) is 0 Å². The average Bonchev–Trinajstić information content (AvgIpc) is 1.40. The molecular weight excluding hydrogens is 1310 g/mol. The second-order valence-corrected chi connectivity index (χ2v) is 29.1. The van der Waals surface area contributed by atoms with Gasteiger partial charge in [0, 0.05) is 65.6 Å². The minimum atomic E-state index is -1.01. The Morgan fingerprint density at radius 2 is 1.41 bits per heavy atom. The van der Waals surface area contributed by atoms with Crippen LogP contribution in [0.15, 0.2) is 68.5 Å². The molecule has 0 unspecified atom stereocenters. The van der Waals surface area contributed by atoms with E-state index in [1.54, 1.807) is 57.2 Å². The van der Waals surface area contributed by atoms with Crippen LogP contribution in [0.1, 0.15) is 137 Å². The normalized spacial score (nSPS) is 38.5. The number of aryl methyl sites for hydroxylation is 1. The number of nitrogens with zero attached hydrogens (tertiary/aromatic N) is 3. The molecule has 0 bridgehead atoms. The van der Waals surface area contributed by atoms with E-state index in [2.05, 4.69) is 17.6 Å². The minimum absolute atomic E-state index is 0.0452. The number of carbonyl (C=O) groups is 2. The fourth-order valence-electron chi connectivity index (χ4n) is 17.3. The Labute approximate surface area is 545 Å². The Morgan fingerprint density at radius 1 is 0.761 bits per heavy atom. The third-order valence-corrected chi connectivity index (χ3v) is 23.0. The van der Waals surface area contributed by atoms with Crippen molar-refractivity contribution >= 4 is 62.6 Å². The minimum Gasteiger partial charge on any atom is -0.458 e. The van der Waals surface area contributed by atoms with Gasteiger partial charge < -0.3 is 74.4 Å². The second kappa shape index (κ2) is 25.9. The van der Waals surface area contributed by atoms with E-state index in [4.69, 9.17) is 33.2 Å². The molecule has 8 fully saturated rings. The topological polar surface area (TPSA) is 310 Å². The van der Waals surface area contributed by atoms with Crippen LogP contribution in [0.25, 0.3) is 16.6 Å². The molecule has 25 heteroatoms. The molecule has 5 aliphatic carbocycles. The van der Waals surface area contributed by atoms with Crippen LogP contribution in [0, 0.1) is 50.8 Å². The molecule has 0 spiro atoms. The van der Waals surface area contributed by atoms with Crippen LogP contribution in [-0.4, -0.2) is 154 Å². The number of esters is 1. The average molecular weight is 1400 g/mol. The van der Waals surface area contributed by atoms with Crippen molar-refractivity contribution in [2.24, 2.45) is 41.5 Å². The van der Waals surface area contributed by atoms with Crippen molar-refractivity contribution in [3.8, 4) is 5.69 Å². The largest absolute Gasteiger partial charge is 0.458 e. The molecule has 0 radical (unpaired) electrons. The number of anilines is 3. The summed E-state index contributed by atoms with van der Waals surface area (Å²) in [7, 11) is 1.50. The number of fused-ring (bicyclic) bond motifs is 6. The number of carbonyl (C=O) groups excluding carboxylic acids is 2. The Bertz CT molecular complexity index is 3670. The van der Waals surface area contributed by atoms with Crippen molar-refractivity contribution in [3.05, 3.63) is 100 Å². The lowest BCUT2D eigenvalue weighted by Gasteiger charge is -2.65. The molecule has 3 saturated heterocycles. The first-order valence-corrected chi connectivity index (χ1v) is 33.6. The van der Waals surface area contributed by atoms with Gasteiger partial charge in [0.05, 0.1) is 71.3 Å². The first-order chi connectivity index (χ1) is 43.6. The molecule has 6 heterocycles. The summed E-state index contributed by atoms with van der Waals surface area (Å²) >= 11 is 1.99. The van der Waals surface area contributed by atoms with Gasteiger partial charge in [-0.1, -0.05) is 19.9 Å². The SMILES string of the molecule is CC(=O)Nc1cccc(-n2c(=O)n(C3CC3)c(=O)c3c(Nc4ccc(I)cc4F)n(C)c(=O)c(C)c32)c1.C[C@H]1O[C@@H](O[C@H]2[C@@H](O)C[C@H](O[C@H]3[C@@H](O)C[C@H](O[C@H]4CC[C@@]5(C)[C@H](CC[C@@H]6[C@@H]5C[C@@H](O)[C@]5(C)[C@@H](C7=CC(=O)OC7)CC[C@]65O)C4)O[C@@H]3C)O[C@@H]2C)C[C@H](O)[C@@H]1O. The summed E-state index contributed by atoms with van der Waals surface area (Å²) in [5.74, 6) is -0.548. The van der Waals surface area contributed by atoms with E-state index in [-0.39, 0.29) is 101 Å². The van der Waals surface area contributed by atoms with E-state index < -0.39 is 114 Å². The van der Waals surface area contributed by atoms with Crippen LogP contribution in [-0.2, 0) is 49.8 Å². The number of aliphatic hydroxyl groups excluding tert-OH is 5. The highest BCUT2D eigenvalue weighted by Gasteiger charge is 2.71. The van der Waals surface area contributed by atoms with E-state index in [1.807, 2.05) is 36.4 Å². The van der Waals surface area contributed by atoms with Gasteiger partial charge in [-0.2, -0.15) is 0 Å². The fraction of sp³-hybridized carbons (Fsp3) is 0.657. The summed E-state index contributed by atoms with van der Waals surface area (Å²) in [4.78, 5) is 64.5. The molecule has 2 aromatic heterocycles. The van der Waals surface area contributed by atoms with Crippen LogP contribution >= 0.6 is 22.6 Å². The van der Waals surface area contributed by atoms with Gasteiger partial charge in [0.25, 0.3) is 11.1 Å². The highest BCUT2D eigenvalue weighted by molar-refractivity contribution is 14.1. The molecule has 4 aliphatic heterocycles. The van der Waals surface area contributed by atoms with Crippen molar-refractivity contribution in [1.82, 2.24) is 13.7 Å². The lowest BCUT2D eigenvalue weighted by molar-refractivity contribution is -0.336. The number of amides is 1. The number of cyclic esters (lactones) is 1. The summed E-state index contributed by atoms with van der Waals surface area (Å²) in [6, 6.07) is 10.9. The number of halogens is 2. The number of aromatic nitrogens is 3. The van der Waals surface area contributed by atoms with Gasteiger partial charge in [0.15, 0.2) is 18.9 Å². The Kier molecular flexibility index (Phi) is 18.8. The number of hydrogen-bond donors (Lipinski definition) is 8. The molecule has 13 rings (SSSR count). The maximum absolute atomic E-state index is 14.8. The summed E-state index contributed by atoms with van der Waals surface area (Å²) < 4.78 is 61.3. The summed E-state index contributed by atoms with van der Waals surface area (Å²) in [6.07, 6.45) is -0.167. The number of nitrogens with one attached hydrogen (secondary N) is 2. The molecule has 92 heavy (non-hydrogen) atoms. The highest BCUT2D eigenvalue weighted by Crippen LogP contribution is 2.70. The molecule has 8 N–H and O–H groups in total. The van der Waals surface area contributed by atoms with Crippen molar-refractivity contribution in [2.45, 2.75) is 230 Å². The van der Waals surface area contributed by atoms with E-state index in [0.717, 1.165) is 44.1 Å². The predicted molar refractivity (Wildman–Crippen MR) is 341 cm³/mol. The van der Waals surface area contributed by atoms with Crippen LogP contribution in [0.3, 0.4) is 0 Å². The van der Waals surface area contributed by atoms with Crippen LogP contribution < -0.4 is 27.4 Å². The first-order valence-electron chi connectivity index (χ1n) is 32.5. The van der Waals surface area contributed by atoms with E-state index in [1.165, 1.54) is 39.8 Å². The molecule has 21 atom stereocenters. The summed E-state index contributed by atoms with van der Waals surface area (Å²) in [5.41, 5.74) is -1.24. The number of aliphatic hydroxyl groups is 6. The van der Waals surface area contributed by atoms with Gasteiger partial charge in [0.2, 0.25) is 5.91 Å². The summed E-state index contributed by atoms with van der Waals surface area (Å²) in [6.45, 7) is 12.8. The van der Waals surface area contributed by atoms with Gasteiger partial charge in [-0.15, -0.1) is 0 Å². The Morgan fingerprint density at radius 3 is 2.02 bits per heavy atom. The lowest BCUT2D eigenvalue weighted by Crippen LogP contribution is -2.67. The smallest absolute Gasteiger partial charge is 0.336 e. The lowest BCUT2D eigenvalue weighted by atomic mass is 9.42. The van der Waals surface area contributed by atoms with E-state index in [9.17, 15) is 59.0 Å². The highest BCUT2D eigenvalue weighted by atomic mass is 127. The van der Waals surface area contributed by atoms with Gasteiger partial charge >= 0.3 is 11.7 Å². The van der Waals surface area contributed by atoms with E-state index in [0.29, 0.717) is 46.5 Å². The van der Waals surface area contributed by atoms with Crippen molar-refractivity contribution in [1.29, 1.82) is 0 Å². The number of rotatable bonds is 12. The quantitative estimate of drug-likeness (QED) is 0.0447. The maximum Gasteiger partial charge on any atom is 0.336 e. The zero-order valence-electron chi connectivity index (χ0n) is 53.2. The first kappa shape index (κ1) is 67.0. The molecule has 502 valence electrons. The van der Waals surface area contributed by atoms with Crippen molar-refractivity contribution in [3.63, 3.8) is 0 Å². The zero-order chi connectivity index (χ0) is 65.8. The third kappa shape index (κ3) is 12.2.